The molecule has 0 N–H and O–H groups in total. The minimum atomic E-state index is 0.342. The Hall–Kier alpha value is -0.260. The van der Waals surface area contributed by atoms with E-state index in [1.807, 2.05) is 0 Å². The molecule has 0 unspecified atom stereocenters. The van der Waals surface area contributed by atoms with Gasteiger partial charge in [0.05, 0.1) is 0 Å². The zero-order chi connectivity index (χ0) is 9.23. The summed E-state index contributed by atoms with van der Waals surface area (Å²) in [7, 11) is 0. The number of hydrogen-bond acceptors (Lipinski definition) is 0. The van der Waals surface area contributed by atoms with E-state index < -0.39 is 0 Å². The van der Waals surface area contributed by atoms with Crippen molar-refractivity contribution in [1.82, 2.24) is 0 Å². The third-order valence-electron chi connectivity index (χ3n) is 2.58. The Kier molecular flexibility index (Phi) is 3.34. The first kappa shape index (κ1) is 10.7. The molecule has 0 radical (unpaired) electrons. The second-order valence-electron chi connectivity index (χ2n) is 4.71. The first-order valence-corrected chi connectivity index (χ1v) is 4.44. The molecule has 0 spiro atoms. The molecule has 0 aromatic heterocycles. The van der Waals surface area contributed by atoms with Gasteiger partial charge in [-0.25, -0.2) is 0 Å². The van der Waals surface area contributed by atoms with Crippen LogP contribution in [0.5, 0.6) is 0 Å². The molecule has 0 heteroatoms. The monoisotopic (exact) mass is 154 g/mol. The molecule has 0 saturated carbocycles. The van der Waals surface area contributed by atoms with Crippen LogP contribution in [0.15, 0.2) is 11.1 Å². The van der Waals surface area contributed by atoms with Crippen molar-refractivity contribution >= 4 is 0 Å². The quantitative estimate of drug-likeness (QED) is 0.500. The summed E-state index contributed by atoms with van der Waals surface area (Å²) in [6, 6.07) is 0. The van der Waals surface area contributed by atoms with E-state index in [4.69, 9.17) is 0 Å². The van der Waals surface area contributed by atoms with Crippen molar-refractivity contribution in [2.24, 2.45) is 11.3 Å². The highest BCUT2D eigenvalue weighted by atomic mass is 14.2. The largest absolute Gasteiger partial charge is 0.0713 e. The van der Waals surface area contributed by atoms with E-state index in [1.54, 1.807) is 0 Å². The highest BCUT2D eigenvalue weighted by molar-refractivity contribution is 5.17. The van der Waals surface area contributed by atoms with Crippen LogP contribution in [0.2, 0.25) is 0 Å². The van der Waals surface area contributed by atoms with Crippen molar-refractivity contribution in [2.75, 3.05) is 0 Å². The van der Waals surface area contributed by atoms with E-state index >= 15 is 0 Å². The summed E-state index contributed by atoms with van der Waals surface area (Å²) >= 11 is 0. The van der Waals surface area contributed by atoms with Gasteiger partial charge in [-0.3, -0.25) is 0 Å². The SMILES string of the molecule is C/C(=C(\C)C(C)(C)C)C(C)C. The third kappa shape index (κ3) is 3.09. The standard InChI is InChI=1S/C11H22/c1-8(2)9(3)10(4)11(5,6)7/h8H,1-7H3/b10-9-. The number of hydrogen-bond donors (Lipinski definition) is 0. The van der Waals surface area contributed by atoms with Crippen LogP contribution < -0.4 is 0 Å². The van der Waals surface area contributed by atoms with Crippen LogP contribution in [0.4, 0.5) is 0 Å². The Bertz CT molecular complexity index is 153. The Morgan fingerprint density at radius 2 is 1.36 bits per heavy atom. The maximum absolute atomic E-state index is 2.27. The van der Waals surface area contributed by atoms with E-state index in [0.717, 1.165) is 0 Å². The van der Waals surface area contributed by atoms with Crippen LogP contribution in [-0.4, -0.2) is 0 Å². The molecule has 0 aromatic carbocycles. The Labute approximate surface area is 71.7 Å². The smallest absolute Gasteiger partial charge is 0.0173 e. The first-order valence-electron chi connectivity index (χ1n) is 4.44. The molecule has 11 heavy (non-hydrogen) atoms. The average Bonchev–Trinajstić information content (AvgIpc) is 1.82. The lowest BCUT2D eigenvalue weighted by Gasteiger charge is -2.24. The molecule has 0 saturated heterocycles. The molecular formula is C11H22. The van der Waals surface area contributed by atoms with Crippen molar-refractivity contribution in [2.45, 2.75) is 48.5 Å². The molecule has 0 aliphatic carbocycles. The van der Waals surface area contributed by atoms with Crippen molar-refractivity contribution in [1.29, 1.82) is 0 Å². The van der Waals surface area contributed by atoms with E-state index in [-0.39, 0.29) is 0 Å². The van der Waals surface area contributed by atoms with Gasteiger partial charge in [0.25, 0.3) is 0 Å². The topological polar surface area (TPSA) is 0 Å². The predicted octanol–water partition coefficient (Wildman–Crippen LogP) is 4.02. The van der Waals surface area contributed by atoms with Gasteiger partial charge in [-0.05, 0) is 25.2 Å². The van der Waals surface area contributed by atoms with Crippen LogP contribution >= 0.6 is 0 Å². The lowest BCUT2D eigenvalue weighted by molar-refractivity contribution is 0.489. The van der Waals surface area contributed by atoms with Crippen molar-refractivity contribution < 1.29 is 0 Å². The van der Waals surface area contributed by atoms with E-state index in [1.165, 1.54) is 11.1 Å². The highest BCUT2D eigenvalue weighted by Crippen LogP contribution is 2.29. The first-order chi connectivity index (χ1) is 4.76. The summed E-state index contributed by atoms with van der Waals surface area (Å²) in [6.45, 7) is 15.8. The fourth-order valence-electron chi connectivity index (χ4n) is 1.02. The molecule has 0 bridgehead atoms. The second-order valence-corrected chi connectivity index (χ2v) is 4.71. The van der Waals surface area contributed by atoms with Crippen LogP contribution in [0.3, 0.4) is 0 Å². The second kappa shape index (κ2) is 3.42. The van der Waals surface area contributed by atoms with Crippen LogP contribution in [0, 0.1) is 11.3 Å². The molecule has 0 heterocycles. The molecule has 0 aliphatic heterocycles. The summed E-state index contributed by atoms with van der Waals surface area (Å²) in [5.74, 6) is 0.689. The van der Waals surface area contributed by atoms with Gasteiger partial charge in [0, 0.05) is 0 Å². The summed E-state index contributed by atoms with van der Waals surface area (Å²) in [5.41, 5.74) is 3.42. The van der Waals surface area contributed by atoms with E-state index in [9.17, 15) is 0 Å². The summed E-state index contributed by atoms with van der Waals surface area (Å²) in [5, 5.41) is 0. The Morgan fingerprint density at radius 1 is 1.00 bits per heavy atom. The van der Waals surface area contributed by atoms with Gasteiger partial charge in [0.1, 0.15) is 0 Å². The maximum atomic E-state index is 2.27. The molecule has 0 fully saturated rings. The van der Waals surface area contributed by atoms with Crippen molar-refractivity contribution in [3.63, 3.8) is 0 Å². The van der Waals surface area contributed by atoms with Crippen molar-refractivity contribution in [3.8, 4) is 0 Å². The van der Waals surface area contributed by atoms with Crippen molar-refractivity contribution in [3.05, 3.63) is 11.1 Å². The molecule has 66 valence electrons. The van der Waals surface area contributed by atoms with Gasteiger partial charge >= 0.3 is 0 Å². The van der Waals surface area contributed by atoms with Gasteiger partial charge < -0.3 is 0 Å². The third-order valence-corrected chi connectivity index (χ3v) is 2.58. The minimum Gasteiger partial charge on any atom is -0.0713 e. The Balaban J connectivity index is 4.67. The summed E-state index contributed by atoms with van der Waals surface area (Å²) in [4.78, 5) is 0. The molecule has 0 nitrogen and oxygen atoms in total. The predicted molar refractivity (Wildman–Crippen MR) is 52.7 cm³/mol. The molecule has 0 aliphatic rings. The van der Waals surface area contributed by atoms with Gasteiger partial charge in [-0.15, -0.1) is 0 Å². The molecule has 0 aromatic rings. The van der Waals surface area contributed by atoms with Gasteiger partial charge in [-0.1, -0.05) is 45.8 Å². The highest BCUT2D eigenvalue weighted by Gasteiger charge is 2.15. The zero-order valence-corrected chi connectivity index (χ0v) is 9.08. The van der Waals surface area contributed by atoms with Gasteiger partial charge in [0.2, 0.25) is 0 Å². The van der Waals surface area contributed by atoms with Crippen LogP contribution in [0.25, 0.3) is 0 Å². The number of rotatable bonds is 1. The molecular weight excluding hydrogens is 132 g/mol. The fourth-order valence-corrected chi connectivity index (χ4v) is 1.02. The lowest BCUT2D eigenvalue weighted by atomic mass is 9.82. The maximum Gasteiger partial charge on any atom is -0.0173 e. The van der Waals surface area contributed by atoms with Gasteiger partial charge in [-0.2, -0.15) is 0 Å². The van der Waals surface area contributed by atoms with Gasteiger partial charge in [0.15, 0.2) is 0 Å². The summed E-state index contributed by atoms with van der Waals surface area (Å²) < 4.78 is 0. The van der Waals surface area contributed by atoms with E-state index in [2.05, 4.69) is 48.5 Å². The average molecular weight is 154 g/mol. The lowest BCUT2D eigenvalue weighted by Crippen LogP contribution is -2.10. The molecule has 0 amide bonds. The Morgan fingerprint density at radius 3 is 1.45 bits per heavy atom. The van der Waals surface area contributed by atoms with E-state index in [0.29, 0.717) is 11.3 Å². The normalized spacial score (nSPS) is 15.3. The number of allylic oxidation sites excluding steroid dienone is 2. The fraction of sp³-hybridized carbons (Fsp3) is 0.818. The molecule has 0 atom stereocenters. The van der Waals surface area contributed by atoms with Crippen LogP contribution in [0.1, 0.15) is 48.5 Å². The summed E-state index contributed by atoms with van der Waals surface area (Å²) in [6.07, 6.45) is 0. The minimum absolute atomic E-state index is 0.342. The zero-order valence-electron chi connectivity index (χ0n) is 9.08. The van der Waals surface area contributed by atoms with Crippen LogP contribution in [-0.2, 0) is 0 Å². The molecule has 0 rings (SSSR count).